The molecule has 2 fully saturated rings. The molecule has 1 saturated heterocycles. The molecule has 3 nitrogen and oxygen atoms in total. The lowest BCUT2D eigenvalue weighted by molar-refractivity contribution is -0.153. The molecule has 1 aliphatic heterocycles. The van der Waals surface area contributed by atoms with Crippen LogP contribution in [0, 0.1) is 29.1 Å². The fourth-order valence-corrected chi connectivity index (χ4v) is 4.74. The molecular formula is C18H26O3. The van der Waals surface area contributed by atoms with E-state index in [0.717, 1.165) is 12.3 Å². The number of esters is 1. The van der Waals surface area contributed by atoms with Gasteiger partial charge < -0.3 is 9.84 Å². The van der Waals surface area contributed by atoms with Crippen molar-refractivity contribution in [2.75, 3.05) is 0 Å². The lowest BCUT2D eigenvalue weighted by Gasteiger charge is -2.46. The molecule has 0 amide bonds. The zero-order chi connectivity index (χ0) is 15.2. The van der Waals surface area contributed by atoms with Gasteiger partial charge >= 0.3 is 5.97 Å². The maximum Gasteiger partial charge on any atom is 0.313 e. The Morgan fingerprint density at radius 1 is 1.43 bits per heavy atom. The minimum Gasteiger partial charge on any atom is -0.458 e. The van der Waals surface area contributed by atoms with Gasteiger partial charge in [-0.2, -0.15) is 0 Å². The summed E-state index contributed by atoms with van der Waals surface area (Å²) >= 11 is 0. The maximum atomic E-state index is 12.6. The van der Waals surface area contributed by atoms with Crippen molar-refractivity contribution in [2.45, 2.75) is 52.2 Å². The molecule has 7 atom stereocenters. The second-order valence-electron chi connectivity index (χ2n) is 7.27. The Kier molecular flexibility index (Phi) is 3.73. The molecule has 7 unspecified atom stereocenters. The van der Waals surface area contributed by atoms with Crippen LogP contribution < -0.4 is 0 Å². The van der Waals surface area contributed by atoms with Crippen molar-refractivity contribution < 1.29 is 14.6 Å². The number of hydrogen-bond donors (Lipinski definition) is 1. The normalized spacial score (nSPS) is 47.0. The second-order valence-corrected chi connectivity index (χ2v) is 7.27. The lowest BCUT2D eigenvalue weighted by atomic mass is 9.55. The molecule has 3 aliphatic rings. The van der Waals surface area contributed by atoms with Crippen LogP contribution >= 0.6 is 0 Å². The topological polar surface area (TPSA) is 46.5 Å². The second kappa shape index (κ2) is 5.28. The van der Waals surface area contributed by atoms with Gasteiger partial charge in [-0.25, -0.2) is 0 Å². The van der Waals surface area contributed by atoms with Gasteiger partial charge in [0.15, 0.2) is 0 Å². The first kappa shape index (κ1) is 14.8. The highest BCUT2D eigenvalue weighted by Gasteiger charge is 2.61. The Hall–Kier alpha value is -1.09. The van der Waals surface area contributed by atoms with E-state index < -0.39 is 17.6 Å². The van der Waals surface area contributed by atoms with Crippen molar-refractivity contribution in [2.24, 2.45) is 29.1 Å². The number of rotatable bonds is 2. The smallest absolute Gasteiger partial charge is 0.313 e. The summed E-state index contributed by atoms with van der Waals surface area (Å²) in [6.07, 6.45) is 10.2. The number of cyclic esters (lactones) is 1. The Balaban J connectivity index is 1.93. The van der Waals surface area contributed by atoms with E-state index in [1.807, 2.05) is 13.0 Å². The van der Waals surface area contributed by atoms with Crippen LogP contribution in [0.25, 0.3) is 0 Å². The van der Waals surface area contributed by atoms with Gasteiger partial charge in [-0.3, -0.25) is 4.79 Å². The fraction of sp³-hybridized carbons (Fsp3) is 0.722. The minimum absolute atomic E-state index is 0.00847. The summed E-state index contributed by atoms with van der Waals surface area (Å²) in [4.78, 5) is 12.6. The van der Waals surface area contributed by atoms with E-state index in [9.17, 15) is 9.90 Å². The molecule has 0 bridgehead atoms. The van der Waals surface area contributed by atoms with E-state index in [0.29, 0.717) is 11.8 Å². The van der Waals surface area contributed by atoms with Crippen molar-refractivity contribution >= 4 is 5.97 Å². The maximum absolute atomic E-state index is 12.6. The number of aliphatic hydroxyl groups is 1. The van der Waals surface area contributed by atoms with Crippen molar-refractivity contribution in [1.29, 1.82) is 0 Å². The van der Waals surface area contributed by atoms with Crippen LogP contribution in [-0.4, -0.2) is 23.3 Å². The van der Waals surface area contributed by atoms with E-state index in [4.69, 9.17) is 4.74 Å². The lowest BCUT2D eigenvalue weighted by Crippen LogP contribution is -2.47. The molecule has 0 spiro atoms. The number of allylic oxidation sites excluding steroid dienone is 2. The average molecular weight is 290 g/mol. The van der Waals surface area contributed by atoms with Gasteiger partial charge in [-0.15, -0.1) is 0 Å². The highest BCUT2D eigenvalue weighted by Crippen LogP contribution is 2.56. The third-order valence-electron chi connectivity index (χ3n) is 5.95. The van der Waals surface area contributed by atoms with Crippen molar-refractivity contribution in [1.82, 2.24) is 0 Å². The summed E-state index contributed by atoms with van der Waals surface area (Å²) in [5, 5.41) is 10.3. The molecule has 3 rings (SSSR count). The van der Waals surface area contributed by atoms with Crippen LogP contribution in [0.1, 0.15) is 40.0 Å². The van der Waals surface area contributed by atoms with E-state index in [-0.39, 0.29) is 11.9 Å². The first-order valence-corrected chi connectivity index (χ1v) is 8.18. The first-order valence-electron chi connectivity index (χ1n) is 8.18. The number of aliphatic hydroxyl groups excluding tert-OH is 1. The third-order valence-corrected chi connectivity index (χ3v) is 5.95. The average Bonchev–Trinajstić information content (AvgIpc) is 2.71. The van der Waals surface area contributed by atoms with Crippen LogP contribution in [-0.2, 0) is 9.53 Å². The Morgan fingerprint density at radius 2 is 2.19 bits per heavy atom. The number of carbonyl (C=O) groups is 1. The van der Waals surface area contributed by atoms with Crippen LogP contribution in [0.4, 0.5) is 0 Å². The standard InChI is InChI=1S/C18H26O3/c1-4-5-15(19)16-14-9-7-12-10-11(2)6-8-13(12)18(14,3)17(20)21-16/h4-5,7,9,11-16,19H,6,8,10H2,1-3H3. The predicted molar refractivity (Wildman–Crippen MR) is 81.4 cm³/mol. The Labute approximate surface area is 127 Å². The molecule has 0 aromatic rings. The molecule has 0 radical (unpaired) electrons. The van der Waals surface area contributed by atoms with Gasteiger partial charge in [-0.1, -0.05) is 37.6 Å². The van der Waals surface area contributed by atoms with Crippen LogP contribution in [0.15, 0.2) is 24.3 Å². The molecule has 0 aromatic carbocycles. The summed E-state index contributed by atoms with van der Waals surface area (Å²) in [7, 11) is 0. The van der Waals surface area contributed by atoms with E-state index >= 15 is 0 Å². The van der Waals surface area contributed by atoms with E-state index in [2.05, 4.69) is 26.0 Å². The largest absolute Gasteiger partial charge is 0.458 e. The van der Waals surface area contributed by atoms with Gasteiger partial charge in [0.05, 0.1) is 5.41 Å². The highest BCUT2D eigenvalue weighted by atomic mass is 16.6. The summed E-state index contributed by atoms with van der Waals surface area (Å²) in [5.74, 6) is 1.46. The molecule has 1 saturated carbocycles. The molecular weight excluding hydrogens is 264 g/mol. The van der Waals surface area contributed by atoms with Crippen LogP contribution in [0.5, 0.6) is 0 Å². The monoisotopic (exact) mass is 290 g/mol. The number of hydrogen-bond acceptors (Lipinski definition) is 3. The van der Waals surface area contributed by atoms with Gasteiger partial charge in [0, 0.05) is 5.92 Å². The zero-order valence-electron chi connectivity index (χ0n) is 13.2. The first-order chi connectivity index (χ1) is 9.98. The Bertz CT molecular complexity index is 481. The summed E-state index contributed by atoms with van der Waals surface area (Å²) in [6, 6.07) is 0. The quantitative estimate of drug-likeness (QED) is 0.628. The van der Waals surface area contributed by atoms with E-state index in [1.54, 1.807) is 6.08 Å². The summed E-state index contributed by atoms with van der Waals surface area (Å²) < 4.78 is 5.61. The van der Waals surface area contributed by atoms with Gasteiger partial charge in [-0.05, 0) is 44.4 Å². The molecule has 0 aromatic heterocycles. The number of carbonyl (C=O) groups excluding carboxylic acids is 1. The summed E-state index contributed by atoms with van der Waals surface area (Å²) in [6.45, 7) is 6.22. The third kappa shape index (κ3) is 2.17. The van der Waals surface area contributed by atoms with Gasteiger partial charge in [0.25, 0.3) is 0 Å². The summed E-state index contributed by atoms with van der Waals surface area (Å²) in [5.41, 5.74) is -0.465. The molecule has 1 heterocycles. The molecule has 21 heavy (non-hydrogen) atoms. The molecule has 2 aliphatic carbocycles. The zero-order valence-corrected chi connectivity index (χ0v) is 13.2. The predicted octanol–water partition coefficient (Wildman–Crippen LogP) is 3.09. The van der Waals surface area contributed by atoms with Gasteiger partial charge in [0.1, 0.15) is 12.2 Å². The Morgan fingerprint density at radius 3 is 2.90 bits per heavy atom. The van der Waals surface area contributed by atoms with Crippen LogP contribution in [0.2, 0.25) is 0 Å². The van der Waals surface area contributed by atoms with Crippen molar-refractivity contribution in [3.8, 4) is 0 Å². The van der Waals surface area contributed by atoms with Crippen molar-refractivity contribution in [3.05, 3.63) is 24.3 Å². The molecule has 116 valence electrons. The fourth-order valence-electron chi connectivity index (χ4n) is 4.74. The van der Waals surface area contributed by atoms with Crippen LogP contribution in [0.3, 0.4) is 0 Å². The number of fused-ring (bicyclic) bond motifs is 3. The number of ether oxygens (including phenoxy) is 1. The van der Waals surface area contributed by atoms with Crippen molar-refractivity contribution in [3.63, 3.8) is 0 Å². The van der Waals surface area contributed by atoms with E-state index in [1.165, 1.54) is 12.8 Å². The molecule has 3 heteroatoms. The molecule has 1 N–H and O–H groups in total. The highest BCUT2D eigenvalue weighted by molar-refractivity contribution is 5.81. The minimum atomic E-state index is -0.713. The SMILES string of the molecule is CC=CC(O)C1OC(=O)C2(C)C1C=CC1CC(C)CCC12. The van der Waals surface area contributed by atoms with Gasteiger partial charge in [0.2, 0.25) is 0 Å².